The molecule has 1 saturated heterocycles. The van der Waals surface area contributed by atoms with Gasteiger partial charge in [-0.05, 0) is 50.5 Å². The summed E-state index contributed by atoms with van der Waals surface area (Å²) in [6.07, 6.45) is 4.85. The topological polar surface area (TPSA) is 48.9 Å². The molecule has 1 aromatic rings. The quantitative estimate of drug-likeness (QED) is 0.309. The van der Waals surface area contributed by atoms with Crippen LogP contribution in [0.4, 0.5) is 0 Å². The molecule has 28 heavy (non-hydrogen) atoms. The fourth-order valence-electron chi connectivity index (χ4n) is 3.98. The molecular formula is C22H37IN4O. The average molecular weight is 500 g/mol. The van der Waals surface area contributed by atoms with E-state index in [0.29, 0.717) is 17.5 Å². The van der Waals surface area contributed by atoms with Gasteiger partial charge >= 0.3 is 0 Å². The minimum atomic E-state index is 0. The van der Waals surface area contributed by atoms with Crippen molar-refractivity contribution in [3.05, 3.63) is 35.9 Å². The Bertz CT molecular complexity index is 606. The molecule has 5 nitrogen and oxygen atoms in total. The maximum atomic E-state index is 5.27. The van der Waals surface area contributed by atoms with E-state index in [1.165, 1.54) is 18.4 Å². The number of likely N-dealkylation sites (tertiary alicyclic amines) is 1. The Labute approximate surface area is 187 Å². The van der Waals surface area contributed by atoms with Crippen LogP contribution in [-0.4, -0.2) is 56.3 Å². The van der Waals surface area contributed by atoms with Crippen molar-refractivity contribution in [1.82, 2.24) is 15.5 Å². The van der Waals surface area contributed by atoms with Crippen LogP contribution in [-0.2, 0) is 11.3 Å². The van der Waals surface area contributed by atoms with E-state index in [-0.39, 0.29) is 24.0 Å². The van der Waals surface area contributed by atoms with Crippen LogP contribution in [0.15, 0.2) is 35.3 Å². The fraction of sp³-hybridized carbons (Fsp3) is 0.682. The largest absolute Gasteiger partial charge is 0.385 e. The van der Waals surface area contributed by atoms with Gasteiger partial charge in [0.15, 0.2) is 5.96 Å². The summed E-state index contributed by atoms with van der Waals surface area (Å²) in [6, 6.07) is 11.8. The molecule has 0 aromatic heterocycles. The summed E-state index contributed by atoms with van der Waals surface area (Å²) in [5, 5.41) is 7.12. The lowest BCUT2D eigenvalue weighted by molar-refractivity contribution is 0.174. The number of methoxy groups -OCH3 is 1. The predicted molar refractivity (Wildman–Crippen MR) is 127 cm³/mol. The lowest BCUT2D eigenvalue weighted by Crippen LogP contribution is -2.44. The van der Waals surface area contributed by atoms with Crippen molar-refractivity contribution < 1.29 is 4.74 Å². The molecule has 1 aliphatic carbocycles. The number of rotatable bonds is 9. The second-order valence-corrected chi connectivity index (χ2v) is 8.28. The smallest absolute Gasteiger partial charge is 0.191 e. The minimum absolute atomic E-state index is 0. The standard InChI is InChI=1S/C22H36N4O.HI/c1-4-23-21(24-17-22(10-11-22)12-13-27-3)25-20-14-18(2)26(16-20)15-19-8-6-5-7-9-19;/h5-9,18,20H,4,10-17H2,1-3H3,(H2,23,24,25);1H. The normalized spacial score (nSPS) is 23.9. The van der Waals surface area contributed by atoms with E-state index < -0.39 is 0 Å². The summed E-state index contributed by atoms with van der Waals surface area (Å²) in [5.74, 6) is 0.972. The van der Waals surface area contributed by atoms with Crippen LogP contribution in [0.5, 0.6) is 0 Å². The van der Waals surface area contributed by atoms with Gasteiger partial charge in [-0.2, -0.15) is 0 Å². The van der Waals surface area contributed by atoms with Crippen molar-refractivity contribution in [1.29, 1.82) is 0 Å². The number of hydrogen-bond donors (Lipinski definition) is 2. The Morgan fingerprint density at radius 1 is 1.29 bits per heavy atom. The summed E-state index contributed by atoms with van der Waals surface area (Å²) in [4.78, 5) is 7.49. The number of benzene rings is 1. The summed E-state index contributed by atoms with van der Waals surface area (Å²) >= 11 is 0. The molecule has 1 aromatic carbocycles. The Morgan fingerprint density at radius 3 is 2.68 bits per heavy atom. The second kappa shape index (κ2) is 11.4. The van der Waals surface area contributed by atoms with Crippen molar-refractivity contribution >= 4 is 29.9 Å². The lowest BCUT2D eigenvalue weighted by atomic mass is 10.0. The van der Waals surface area contributed by atoms with Crippen LogP contribution in [0.1, 0.15) is 45.1 Å². The zero-order valence-corrected chi connectivity index (χ0v) is 19.9. The maximum Gasteiger partial charge on any atom is 0.191 e. The van der Waals surface area contributed by atoms with Gasteiger partial charge < -0.3 is 15.4 Å². The third kappa shape index (κ3) is 6.88. The van der Waals surface area contributed by atoms with Gasteiger partial charge in [0.1, 0.15) is 0 Å². The highest BCUT2D eigenvalue weighted by atomic mass is 127. The predicted octanol–water partition coefficient (Wildman–Crippen LogP) is 3.64. The number of nitrogens with zero attached hydrogens (tertiary/aromatic N) is 2. The molecule has 3 rings (SSSR count). The molecule has 2 fully saturated rings. The molecule has 0 spiro atoms. The molecule has 2 N–H and O–H groups in total. The highest BCUT2D eigenvalue weighted by Gasteiger charge is 2.42. The summed E-state index contributed by atoms with van der Waals surface area (Å²) in [6.45, 7) is 9.19. The molecule has 0 bridgehead atoms. The van der Waals surface area contributed by atoms with Gasteiger partial charge in [0.2, 0.25) is 0 Å². The molecule has 2 aliphatic rings. The third-order valence-corrected chi connectivity index (χ3v) is 5.98. The molecule has 1 saturated carbocycles. The molecular weight excluding hydrogens is 463 g/mol. The fourth-order valence-corrected chi connectivity index (χ4v) is 3.98. The summed E-state index contributed by atoms with van der Waals surface area (Å²) < 4.78 is 5.27. The number of ether oxygens (including phenoxy) is 1. The number of halogens is 1. The van der Waals surface area contributed by atoms with Crippen LogP contribution in [0.2, 0.25) is 0 Å². The highest BCUT2D eigenvalue weighted by molar-refractivity contribution is 14.0. The molecule has 1 heterocycles. The van der Waals surface area contributed by atoms with Crippen molar-refractivity contribution in [3.63, 3.8) is 0 Å². The first kappa shape index (κ1) is 23.4. The molecule has 0 radical (unpaired) electrons. The van der Waals surface area contributed by atoms with Gasteiger partial charge in [0.05, 0.1) is 0 Å². The van der Waals surface area contributed by atoms with Crippen molar-refractivity contribution in [2.45, 2.75) is 58.2 Å². The van der Waals surface area contributed by atoms with Crippen LogP contribution in [0.25, 0.3) is 0 Å². The van der Waals surface area contributed by atoms with E-state index in [2.05, 4.69) is 59.7 Å². The van der Waals surface area contributed by atoms with E-state index in [1.54, 1.807) is 7.11 Å². The van der Waals surface area contributed by atoms with E-state index in [4.69, 9.17) is 9.73 Å². The molecule has 2 atom stereocenters. The van der Waals surface area contributed by atoms with Crippen LogP contribution < -0.4 is 10.6 Å². The van der Waals surface area contributed by atoms with E-state index in [1.807, 2.05) is 0 Å². The SMILES string of the molecule is CCNC(=NCC1(CCOC)CC1)NC1CC(C)N(Cc2ccccc2)C1.I. The van der Waals surface area contributed by atoms with Gasteiger partial charge in [-0.3, -0.25) is 9.89 Å². The van der Waals surface area contributed by atoms with E-state index >= 15 is 0 Å². The Kier molecular flexibility index (Phi) is 9.50. The van der Waals surface area contributed by atoms with Gasteiger partial charge in [-0.1, -0.05) is 30.3 Å². The van der Waals surface area contributed by atoms with Crippen LogP contribution >= 0.6 is 24.0 Å². The summed E-state index contributed by atoms with van der Waals surface area (Å²) in [7, 11) is 1.79. The molecule has 2 unspecified atom stereocenters. The van der Waals surface area contributed by atoms with Gasteiger partial charge in [0, 0.05) is 52.0 Å². The Morgan fingerprint density at radius 2 is 2.04 bits per heavy atom. The van der Waals surface area contributed by atoms with Crippen molar-refractivity contribution in [2.24, 2.45) is 10.4 Å². The van der Waals surface area contributed by atoms with Crippen molar-refractivity contribution in [3.8, 4) is 0 Å². The number of guanidine groups is 1. The number of nitrogens with one attached hydrogen (secondary N) is 2. The second-order valence-electron chi connectivity index (χ2n) is 8.28. The molecule has 1 aliphatic heterocycles. The Hall–Kier alpha value is -0.860. The lowest BCUT2D eigenvalue weighted by Gasteiger charge is -2.21. The first-order valence-corrected chi connectivity index (χ1v) is 10.5. The van der Waals surface area contributed by atoms with Crippen LogP contribution in [0.3, 0.4) is 0 Å². The van der Waals surface area contributed by atoms with Gasteiger partial charge in [-0.25, -0.2) is 0 Å². The average Bonchev–Trinajstić information content (AvgIpc) is 3.37. The minimum Gasteiger partial charge on any atom is -0.385 e. The first-order valence-electron chi connectivity index (χ1n) is 10.5. The van der Waals surface area contributed by atoms with Gasteiger partial charge in [-0.15, -0.1) is 24.0 Å². The number of aliphatic imine (C=N–C) groups is 1. The molecule has 6 heteroatoms. The zero-order chi connectivity index (χ0) is 19.1. The first-order chi connectivity index (χ1) is 13.1. The zero-order valence-electron chi connectivity index (χ0n) is 17.6. The van der Waals surface area contributed by atoms with Crippen LogP contribution in [0, 0.1) is 5.41 Å². The van der Waals surface area contributed by atoms with E-state index in [0.717, 1.165) is 51.6 Å². The summed E-state index contributed by atoms with van der Waals surface area (Å²) in [5.41, 5.74) is 1.78. The Balaban J connectivity index is 0.00000280. The highest BCUT2D eigenvalue weighted by Crippen LogP contribution is 2.48. The maximum absolute atomic E-state index is 5.27. The number of hydrogen-bond acceptors (Lipinski definition) is 3. The molecule has 0 amide bonds. The third-order valence-electron chi connectivity index (χ3n) is 5.98. The van der Waals surface area contributed by atoms with Crippen molar-refractivity contribution in [2.75, 3.05) is 33.4 Å². The van der Waals surface area contributed by atoms with E-state index in [9.17, 15) is 0 Å². The van der Waals surface area contributed by atoms with Gasteiger partial charge in [0.25, 0.3) is 0 Å². The monoisotopic (exact) mass is 500 g/mol. The molecule has 158 valence electrons.